The number of hydrogen-bond donors (Lipinski definition) is 2. The van der Waals surface area contributed by atoms with Gasteiger partial charge in [-0.15, -0.1) is 0 Å². The lowest BCUT2D eigenvalue weighted by Crippen LogP contribution is -2.36. The summed E-state index contributed by atoms with van der Waals surface area (Å²) in [6.45, 7) is 3.71. The second-order valence-electron chi connectivity index (χ2n) is 6.46. The molecule has 1 aromatic heterocycles. The van der Waals surface area contributed by atoms with Gasteiger partial charge < -0.3 is 20.1 Å². The Morgan fingerprint density at radius 2 is 1.93 bits per heavy atom. The van der Waals surface area contributed by atoms with E-state index in [-0.39, 0.29) is 0 Å². The van der Waals surface area contributed by atoms with Gasteiger partial charge in [-0.3, -0.25) is 4.99 Å². The molecule has 8 nitrogen and oxygen atoms in total. The van der Waals surface area contributed by atoms with Gasteiger partial charge in [0.25, 0.3) is 0 Å². The fourth-order valence-corrected chi connectivity index (χ4v) is 3.69. The molecular formula is C20H28N4O4S. The Morgan fingerprint density at radius 3 is 2.59 bits per heavy atom. The Morgan fingerprint density at radius 1 is 1.17 bits per heavy atom. The highest BCUT2D eigenvalue weighted by Crippen LogP contribution is 2.17. The Balaban J connectivity index is 1.95. The van der Waals surface area contributed by atoms with Gasteiger partial charge in [-0.1, -0.05) is 18.2 Å². The largest absolute Gasteiger partial charge is 0.475 e. The van der Waals surface area contributed by atoms with E-state index in [2.05, 4.69) is 20.6 Å². The minimum atomic E-state index is -3.22. The number of guanidine groups is 1. The molecular weight excluding hydrogens is 392 g/mol. The van der Waals surface area contributed by atoms with Gasteiger partial charge in [-0.05, 0) is 30.2 Å². The van der Waals surface area contributed by atoms with E-state index in [1.54, 1.807) is 39.4 Å². The van der Waals surface area contributed by atoms with Crippen LogP contribution in [0, 0.1) is 6.92 Å². The summed E-state index contributed by atoms with van der Waals surface area (Å²) in [6, 6.07) is 9.08. The second kappa shape index (κ2) is 10.8. The molecule has 2 N–H and O–H groups in total. The van der Waals surface area contributed by atoms with Gasteiger partial charge in [0.15, 0.2) is 15.8 Å². The van der Waals surface area contributed by atoms with E-state index in [9.17, 15) is 8.42 Å². The molecule has 0 atom stereocenters. The maximum Gasteiger partial charge on any atom is 0.218 e. The lowest BCUT2D eigenvalue weighted by atomic mass is 10.1. The third-order valence-corrected chi connectivity index (χ3v) is 5.40. The molecule has 9 heteroatoms. The quantitative estimate of drug-likeness (QED) is 0.361. The van der Waals surface area contributed by atoms with Gasteiger partial charge in [0.05, 0.1) is 11.5 Å². The van der Waals surface area contributed by atoms with Crippen LogP contribution in [0.2, 0.25) is 0 Å². The molecule has 1 aromatic carbocycles. The van der Waals surface area contributed by atoms with Gasteiger partial charge in [0.1, 0.15) is 6.61 Å². The third kappa shape index (κ3) is 7.03. The fraction of sp³-hybridized carbons (Fsp3) is 0.400. The van der Waals surface area contributed by atoms with Crippen molar-refractivity contribution in [3.05, 3.63) is 53.2 Å². The Hall–Kier alpha value is -2.65. The minimum absolute atomic E-state index is 0.348. The third-order valence-electron chi connectivity index (χ3n) is 4.14. The summed E-state index contributed by atoms with van der Waals surface area (Å²) in [7, 11) is 0.0880. The predicted octanol–water partition coefficient (Wildman–Crippen LogP) is 1.68. The van der Waals surface area contributed by atoms with Crippen molar-refractivity contribution in [2.45, 2.75) is 24.9 Å². The molecule has 2 aromatic rings. The first-order chi connectivity index (χ1) is 13.8. The maximum absolute atomic E-state index is 11.7. The number of hydrogen-bond acceptors (Lipinski definition) is 6. The highest BCUT2D eigenvalue weighted by Gasteiger charge is 2.11. The van der Waals surface area contributed by atoms with Crippen LogP contribution in [0.15, 0.2) is 46.4 Å². The summed E-state index contributed by atoms with van der Waals surface area (Å²) in [6.07, 6.45) is 2.89. The van der Waals surface area contributed by atoms with Crippen LogP contribution in [-0.4, -0.2) is 53.0 Å². The Labute approximate surface area is 172 Å². The van der Waals surface area contributed by atoms with Crippen molar-refractivity contribution in [3.8, 4) is 5.88 Å². The molecule has 29 heavy (non-hydrogen) atoms. The first kappa shape index (κ1) is 22.6. The van der Waals surface area contributed by atoms with E-state index in [0.29, 0.717) is 43.0 Å². The predicted molar refractivity (Wildman–Crippen MR) is 113 cm³/mol. The average molecular weight is 421 g/mol. The number of aromatic nitrogens is 1. The smallest absolute Gasteiger partial charge is 0.218 e. The zero-order valence-electron chi connectivity index (χ0n) is 17.2. The number of aliphatic imine (C=N–C) groups is 1. The molecule has 0 bridgehead atoms. The summed E-state index contributed by atoms with van der Waals surface area (Å²) < 4.78 is 34.1. The van der Waals surface area contributed by atoms with Crippen molar-refractivity contribution >= 4 is 15.8 Å². The number of nitrogens with one attached hydrogen (secondary N) is 2. The molecule has 1 heterocycles. The molecule has 0 aliphatic heterocycles. The summed E-state index contributed by atoms with van der Waals surface area (Å²) in [5, 5.41) is 6.45. The van der Waals surface area contributed by atoms with Crippen LogP contribution in [0.5, 0.6) is 5.88 Å². The van der Waals surface area contributed by atoms with Gasteiger partial charge in [0, 0.05) is 45.3 Å². The van der Waals surface area contributed by atoms with Crippen molar-refractivity contribution < 1.29 is 17.9 Å². The first-order valence-electron chi connectivity index (χ1n) is 9.15. The number of ether oxygens (including phenoxy) is 2. The molecule has 0 aliphatic rings. The average Bonchev–Trinajstić information content (AvgIpc) is 2.68. The SMILES string of the molecule is CN=C(NCc1ccc(S(C)(=O)=O)c(C)c1)NCc1cccnc1OCCOC. The topological polar surface area (TPSA) is 102 Å². The van der Waals surface area contributed by atoms with Crippen LogP contribution in [0.25, 0.3) is 0 Å². The van der Waals surface area contributed by atoms with Crippen molar-refractivity contribution in [1.29, 1.82) is 0 Å². The number of nitrogens with zero attached hydrogens (tertiary/aromatic N) is 2. The van der Waals surface area contributed by atoms with E-state index in [1.807, 2.05) is 18.2 Å². The number of benzene rings is 1. The molecule has 0 saturated carbocycles. The summed E-state index contributed by atoms with van der Waals surface area (Å²) in [5.74, 6) is 1.17. The van der Waals surface area contributed by atoms with Crippen LogP contribution in [0.4, 0.5) is 0 Å². The molecule has 0 radical (unpaired) electrons. The van der Waals surface area contributed by atoms with E-state index in [1.165, 1.54) is 6.26 Å². The Bertz CT molecular complexity index is 945. The van der Waals surface area contributed by atoms with Crippen LogP contribution in [-0.2, 0) is 27.7 Å². The molecule has 0 saturated heterocycles. The van der Waals surface area contributed by atoms with E-state index >= 15 is 0 Å². The molecule has 0 amide bonds. The molecule has 2 rings (SSSR count). The van der Waals surface area contributed by atoms with Crippen molar-refractivity contribution in [3.63, 3.8) is 0 Å². The van der Waals surface area contributed by atoms with Gasteiger partial charge in [0.2, 0.25) is 5.88 Å². The zero-order valence-corrected chi connectivity index (χ0v) is 18.0. The monoisotopic (exact) mass is 420 g/mol. The highest BCUT2D eigenvalue weighted by molar-refractivity contribution is 7.90. The van der Waals surface area contributed by atoms with E-state index in [4.69, 9.17) is 9.47 Å². The first-order valence-corrected chi connectivity index (χ1v) is 11.0. The lowest BCUT2D eigenvalue weighted by molar-refractivity contribution is 0.143. The van der Waals surface area contributed by atoms with Crippen LogP contribution in [0.1, 0.15) is 16.7 Å². The number of rotatable bonds is 9. The van der Waals surface area contributed by atoms with Crippen LogP contribution < -0.4 is 15.4 Å². The maximum atomic E-state index is 11.7. The van der Waals surface area contributed by atoms with E-state index in [0.717, 1.165) is 16.7 Å². The van der Waals surface area contributed by atoms with Crippen molar-refractivity contribution in [2.24, 2.45) is 4.99 Å². The molecule has 0 unspecified atom stereocenters. The van der Waals surface area contributed by atoms with E-state index < -0.39 is 9.84 Å². The summed E-state index contributed by atoms with van der Waals surface area (Å²) >= 11 is 0. The van der Waals surface area contributed by atoms with Gasteiger partial charge in [-0.2, -0.15) is 0 Å². The molecule has 0 aliphatic carbocycles. The fourth-order valence-electron chi connectivity index (χ4n) is 2.73. The molecule has 158 valence electrons. The molecule has 0 fully saturated rings. The van der Waals surface area contributed by atoms with Crippen LogP contribution >= 0.6 is 0 Å². The normalized spacial score (nSPS) is 11.9. The van der Waals surface area contributed by atoms with Crippen molar-refractivity contribution in [2.75, 3.05) is 33.6 Å². The zero-order chi connectivity index (χ0) is 21.3. The molecule has 0 spiro atoms. The van der Waals surface area contributed by atoms with Crippen LogP contribution in [0.3, 0.4) is 0 Å². The Kier molecular flexibility index (Phi) is 8.41. The lowest BCUT2D eigenvalue weighted by Gasteiger charge is -2.14. The summed E-state index contributed by atoms with van der Waals surface area (Å²) in [5.41, 5.74) is 2.59. The number of sulfone groups is 1. The standard InChI is InChI=1S/C20H28N4O4S/c1-15-12-16(7-8-18(15)29(4,25)26)13-23-20(21-2)24-14-17-6-5-9-22-19(17)28-11-10-27-3/h5-9,12H,10-11,13-14H2,1-4H3,(H2,21,23,24). The second-order valence-corrected chi connectivity index (χ2v) is 8.44. The van der Waals surface area contributed by atoms with Gasteiger partial charge >= 0.3 is 0 Å². The minimum Gasteiger partial charge on any atom is -0.475 e. The number of aryl methyl sites for hydroxylation is 1. The number of methoxy groups -OCH3 is 1. The van der Waals surface area contributed by atoms with Gasteiger partial charge in [-0.25, -0.2) is 13.4 Å². The van der Waals surface area contributed by atoms with Crippen molar-refractivity contribution in [1.82, 2.24) is 15.6 Å². The number of pyridine rings is 1. The highest BCUT2D eigenvalue weighted by atomic mass is 32.2. The summed E-state index contributed by atoms with van der Waals surface area (Å²) in [4.78, 5) is 8.83.